The molecule has 0 bridgehead atoms. The zero-order chi connectivity index (χ0) is 9.80. The van der Waals surface area contributed by atoms with Crippen LogP contribution in [0.15, 0.2) is 24.3 Å². The highest BCUT2D eigenvalue weighted by Gasteiger charge is 2.17. The van der Waals surface area contributed by atoms with E-state index in [0.717, 1.165) is 5.92 Å². The fourth-order valence-electron chi connectivity index (χ4n) is 2.36. The van der Waals surface area contributed by atoms with Crippen LogP contribution in [0.5, 0.6) is 0 Å². The van der Waals surface area contributed by atoms with Crippen LogP contribution in [0, 0.1) is 6.42 Å². The summed E-state index contributed by atoms with van der Waals surface area (Å²) < 4.78 is 0. The molecular formula is C13H18N. The fourth-order valence-corrected chi connectivity index (χ4v) is 2.36. The first-order chi connectivity index (χ1) is 6.92. The van der Waals surface area contributed by atoms with Crippen LogP contribution in [0.3, 0.4) is 0 Å². The standard InChI is InChI=1S/C13H18N/c14-10-12-8-4-5-9-13(12)11-6-2-1-3-7-11/h1,4-5,8-9,11H,2-3,6-7,10,14H2. The summed E-state index contributed by atoms with van der Waals surface area (Å²) >= 11 is 0. The molecule has 0 aliphatic heterocycles. The Morgan fingerprint density at radius 2 is 1.86 bits per heavy atom. The highest BCUT2D eigenvalue weighted by atomic mass is 14.5. The third-order valence-corrected chi connectivity index (χ3v) is 3.15. The van der Waals surface area contributed by atoms with Crippen LogP contribution >= 0.6 is 0 Å². The van der Waals surface area contributed by atoms with Gasteiger partial charge in [0.1, 0.15) is 0 Å². The number of hydrogen-bond donors (Lipinski definition) is 1. The monoisotopic (exact) mass is 188 g/mol. The molecule has 0 amide bonds. The molecule has 1 nitrogen and oxygen atoms in total. The Morgan fingerprint density at radius 3 is 2.57 bits per heavy atom. The van der Waals surface area contributed by atoms with Crippen molar-refractivity contribution in [3.63, 3.8) is 0 Å². The van der Waals surface area contributed by atoms with Crippen LogP contribution in [0.1, 0.15) is 42.7 Å². The van der Waals surface area contributed by atoms with Crippen LogP contribution in [-0.4, -0.2) is 0 Å². The van der Waals surface area contributed by atoms with Crippen molar-refractivity contribution in [3.8, 4) is 0 Å². The molecule has 1 aromatic rings. The maximum atomic E-state index is 5.75. The molecule has 1 aliphatic rings. The lowest BCUT2D eigenvalue weighted by Gasteiger charge is -2.23. The predicted octanol–water partition coefficient (Wildman–Crippen LogP) is 3.01. The van der Waals surface area contributed by atoms with Gasteiger partial charge in [0.2, 0.25) is 0 Å². The molecule has 1 fully saturated rings. The summed E-state index contributed by atoms with van der Waals surface area (Å²) in [6.07, 6.45) is 7.54. The highest BCUT2D eigenvalue weighted by Crippen LogP contribution is 2.33. The van der Waals surface area contributed by atoms with Gasteiger partial charge in [-0.2, -0.15) is 0 Å². The van der Waals surface area contributed by atoms with Gasteiger partial charge < -0.3 is 5.73 Å². The van der Waals surface area contributed by atoms with Gasteiger partial charge in [-0.3, -0.25) is 0 Å². The van der Waals surface area contributed by atoms with Crippen LogP contribution in [0.25, 0.3) is 0 Å². The van der Waals surface area contributed by atoms with Gasteiger partial charge in [-0.25, -0.2) is 0 Å². The normalized spacial score (nSPS) is 18.4. The Labute approximate surface area is 86.3 Å². The number of nitrogens with two attached hydrogens (primary N) is 1. The molecule has 0 spiro atoms. The molecular weight excluding hydrogens is 170 g/mol. The minimum Gasteiger partial charge on any atom is -0.326 e. The molecule has 0 aromatic heterocycles. The zero-order valence-corrected chi connectivity index (χ0v) is 8.58. The molecule has 0 heterocycles. The second-order valence-electron chi connectivity index (χ2n) is 4.04. The Balaban J connectivity index is 2.20. The SMILES string of the molecule is NCc1ccccc1C1CC[CH]CC1. The van der Waals surface area contributed by atoms with E-state index in [0.29, 0.717) is 6.54 Å². The number of benzene rings is 1. The molecule has 1 aromatic carbocycles. The lowest BCUT2D eigenvalue weighted by molar-refractivity contribution is 0.508. The summed E-state index contributed by atoms with van der Waals surface area (Å²) in [5, 5.41) is 0. The van der Waals surface area contributed by atoms with E-state index in [-0.39, 0.29) is 0 Å². The van der Waals surface area contributed by atoms with E-state index in [1.807, 2.05) is 0 Å². The van der Waals surface area contributed by atoms with Crippen molar-refractivity contribution in [2.24, 2.45) is 5.73 Å². The molecule has 1 radical (unpaired) electrons. The quantitative estimate of drug-likeness (QED) is 0.758. The first-order valence-corrected chi connectivity index (χ1v) is 5.51. The van der Waals surface area contributed by atoms with Gasteiger partial charge in [0, 0.05) is 6.54 Å². The summed E-state index contributed by atoms with van der Waals surface area (Å²) in [6.45, 7) is 0.677. The van der Waals surface area contributed by atoms with Gasteiger partial charge in [0.15, 0.2) is 0 Å². The average Bonchev–Trinajstić information content (AvgIpc) is 2.30. The molecule has 2 rings (SSSR count). The minimum atomic E-state index is 0.677. The van der Waals surface area contributed by atoms with E-state index in [2.05, 4.69) is 30.7 Å². The van der Waals surface area contributed by atoms with E-state index in [4.69, 9.17) is 5.73 Å². The van der Waals surface area contributed by atoms with Crippen LogP contribution in [0.2, 0.25) is 0 Å². The first kappa shape index (κ1) is 9.72. The molecule has 14 heavy (non-hydrogen) atoms. The second-order valence-corrected chi connectivity index (χ2v) is 4.04. The van der Waals surface area contributed by atoms with Gasteiger partial charge in [-0.15, -0.1) is 0 Å². The molecule has 75 valence electrons. The van der Waals surface area contributed by atoms with E-state index in [9.17, 15) is 0 Å². The van der Waals surface area contributed by atoms with Crippen LogP contribution in [-0.2, 0) is 6.54 Å². The molecule has 2 N–H and O–H groups in total. The molecule has 1 heteroatoms. The van der Waals surface area contributed by atoms with Crippen molar-refractivity contribution >= 4 is 0 Å². The van der Waals surface area contributed by atoms with Crippen molar-refractivity contribution in [2.45, 2.75) is 38.1 Å². The van der Waals surface area contributed by atoms with Gasteiger partial charge in [-0.1, -0.05) is 24.3 Å². The van der Waals surface area contributed by atoms with Gasteiger partial charge in [0.25, 0.3) is 0 Å². The lowest BCUT2D eigenvalue weighted by atomic mass is 9.82. The summed E-state index contributed by atoms with van der Waals surface area (Å²) in [6, 6.07) is 8.62. The molecule has 0 atom stereocenters. The highest BCUT2D eigenvalue weighted by molar-refractivity contribution is 5.30. The van der Waals surface area contributed by atoms with Gasteiger partial charge in [0.05, 0.1) is 0 Å². The summed E-state index contributed by atoms with van der Waals surface area (Å²) in [7, 11) is 0. The zero-order valence-electron chi connectivity index (χ0n) is 8.58. The van der Waals surface area contributed by atoms with Gasteiger partial charge >= 0.3 is 0 Å². The molecule has 0 saturated heterocycles. The third-order valence-electron chi connectivity index (χ3n) is 3.15. The maximum absolute atomic E-state index is 5.75. The molecule has 1 aliphatic carbocycles. The predicted molar refractivity (Wildman–Crippen MR) is 59.8 cm³/mol. The van der Waals surface area contributed by atoms with Crippen LogP contribution in [0.4, 0.5) is 0 Å². The van der Waals surface area contributed by atoms with Crippen molar-refractivity contribution < 1.29 is 0 Å². The number of rotatable bonds is 2. The van der Waals surface area contributed by atoms with E-state index in [1.54, 1.807) is 0 Å². The van der Waals surface area contributed by atoms with Gasteiger partial charge in [-0.05, 0) is 49.1 Å². The van der Waals surface area contributed by atoms with Crippen LogP contribution < -0.4 is 5.73 Å². The summed E-state index contributed by atoms with van der Waals surface area (Å²) in [5.41, 5.74) is 8.57. The smallest absolute Gasteiger partial charge is 0.0180 e. The Morgan fingerprint density at radius 1 is 1.14 bits per heavy atom. The minimum absolute atomic E-state index is 0.677. The average molecular weight is 188 g/mol. The maximum Gasteiger partial charge on any atom is 0.0180 e. The van der Waals surface area contributed by atoms with Crippen molar-refractivity contribution in [1.29, 1.82) is 0 Å². The van der Waals surface area contributed by atoms with Crippen molar-refractivity contribution in [1.82, 2.24) is 0 Å². The summed E-state index contributed by atoms with van der Waals surface area (Å²) in [4.78, 5) is 0. The Kier molecular flexibility index (Phi) is 3.20. The topological polar surface area (TPSA) is 26.0 Å². The lowest BCUT2D eigenvalue weighted by Crippen LogP contribution is -2.09. The van der Waals surface area contributed by atoms with E-state index in [1.165, 1.54) is 36.8 Å². The first-order valence-electron chi connectivity index (χ1n) is 5.51. The fraction of sp³-hybridized carbons (Fsp3) is 0.462. The largest absolute Gasteiger partial charge is 0.326 e. The van der Waals surface area contributed by atoms with E-state index < -0.39 is 0 Å². The Hall–Kier alpha value is -0.820. The molecule has 1 saturated carbocycles. The third kappa shape index (κ3) is 1.98. The Bertz CT molecular complexity index is 287. The van der Waals surface area contributed by atoms with Crippen molar-refractivity contribution in [2.75, 3.05) is 0 Å². The molecule has 0 unspecified atom stereocenters. The van der Waals surface area contributed by atoms with E-state index >= 15 is 0 Å². The number of hydrogen-bond acceptors (Lipinski definition) is 1. The second kappa shape index (κ2) is 4.61. The van der Waals surface area contributed by atoms with Crippen molar-refractivity contribution in [3.05, 3.63) is 41.8 Å². The summed E-state index contributed by atoms with van der Waals surface area (Å²) in [5.74, 6) is 0.750.